The van der Waals surface area contributed by atoms with E-state index < -0.39 is 0 Å². The van der Waals surface area contributed by atoms with Gasteiger partial charge in [0.15, 0.2) is 0 Å². The number of ether oxygens (including phenoxy) is 1. The minimum absolute atomic E-state index is 0.126. The third-order valence-electron chi connectivity index (χ3n) is 4.72. The molecule has 1 N–H and O–H groups in total. The number of hydrogen-bond donors (Lipinski definition) is 1. The number of carbonyl (C=O) groups excluding carboxylic acids is 1. The third kappa shape index (κ3) is 4.02. The van der Waals surface area contributed by atoms with E-state index in [1.807, 2.05) is 26.0 Å². The zero-order valence-corrected chi connectivity index (χ0v) is 17.1. The molecule has 0 aliphatic heterocycles. The molecule has 0 fully saturated rings. The van der Waals surface area contributed by atoms with Crippen LogP contribution in [0, 0.1) is 20.8 Å². The largest absolute Gasteiger partial charge is 0.495 e. The Balaban J connectivity index is 1.86. The number of carbonyl (C=O) groups is 1. The SMILES string of the molecule is COc1ccc(Cl)cc1NC(=O)CCn1c(=O)c(C)nc2cc(C)c(C)cc21. The van der Waals surface area contributed by atoms with Crippen molar-refractivity contribution < 1.29 is 9.53 Å². The summed E-state index contributed by atoms with van der Waals surface area (Å²) in [6, 6.07) is 8.91. The number of methoxy groups -OCH3 is 1. The predicted octanol–water partition coefficient (Wildman–Crippen LogP) is 4.01. The van der Waals surface area contributed by atoms with E-state index in [4.69, 9.17) is 16.3 Å². The van der Waals surface area contributed by atoms with E-state index in [1.54, 1.807) is 29.7 Å². The summed E-state index contributed by atoms with van der Waals surface area (Å²) in [5.74, 6) is 0.283. The number of rotatable bonds is 5. The van der Waals surface area contributed by atoms with Crippen LogP contribution in [0.5, 0.6) is 5.75 Å². The number of nitrogens with zero attached hydrogens (tertiary/aromatic N) is 2. The predicted molar refractivity (Wildman–Crippen MR) is 111 cm³/mol. The topological polar surface area (TPSA) is 73.2 Å². The summed E-state index contributed by atoms with van der Waals surface area (Å²) in [5, 5.41) is 3.29. The number of aryl methyl sites for hydroxylation is 4. The number of anilines is 1. The number of amides is 1. The van der Waals surface area contributed by atoms with Gasteiger partial charge in [-0.2, -0.15) is 0 Å². The van der Waals surface area contributed by atoms with Crippen LogP contribution in [0.3, 0.4) is 0 Å². The Bertz CT molecular complexity index is 1120. The zero-order chi connectivity index (χ0) is 20.4. The summed E-state index contributed by atoms with van der Waals surface area (Å²) in [6.07, 6.45) is 0.126. The molecule has 6 nitrogen and oxygen atoms in total. The maximum atomic E-state index is 12.6. The Morgan fingerprint density at radius 3 is 2.61 bits per heavy atom. The molecule has 0 unspecified atom stereocenters. The van der Waals surface area contributed by atoms with Crippen molar-refractivity contribution in [2.75, 3.05) is 12.4 Å². The molecule has 28 heavy (non-hydrogen) atoms. The molecule has 1 heterocycles. The number of aromatic nitrogens is 2. The van der Waals surface area contributed by atoms with Gasteiger partial charge in [-0.25, -0.2) is 4.98 Å². The van der Waals surface area contributed by atoms with E-state index in [2.05, 4.69) is 10.3 Å². The van der Waals surface area contributed by atoms with E-state index in [1.165, 1.54) is 7.11 Å². The van der Waals surface area contributed by atoms with Crippen LogP contribution in [0.2, 0.25) is 5.02 Å². The summed E-state index contributed by atoms with van der Waals surface area (Å²) in [4.78, 5) is 29.5. The van der Waals surface area contributed by atoms with E-state index in [0.29, 0.717) is 22.2 Å². The van der Waals surface area contributed by atoms with Crippen LogP contribution >= 0.6 is 11.6 Å². The van der Waals surface area contributed by atoms with Gasteiger partial charge < -0.3 is 14.6 Å². The molecule has 0 saturated heterocycles. The smallest absolute Gasteiger partial charge is 0.272 e. The molecule has 1 aromatic heterocycles. The summed E-state index contributed by atoms with van der Waals surface area (Å²) in [6.45, 7) is 5.93. The maximum absolute atomic E-state index is 12.6. The van der Waals surface area contributed by atoms with Crippen molar-refractivity contribution in [3.8, 4) is 5.75 Å². The van der Waals surface area contributed by atoms with Gasteiger partial charge in [0.05, 0.1) is 23.8 Å². The first kappa shape index (κ1) is 19.9. The molecular weight excluding hydrogens is 378 g/mol. The van der Waals surface area contributed by atoms with Crippen molar-refractivity contribution in [3.05, 3.63) is 62.5 Å². The second-order valence-electron chi connectivity index (χ2n) is 6.72. The molecule has 2 aromatic carbocycles. The molecule has 3 aromatic rings. The van der Waals surface area contributed by atoms with E-state index in [9.17, 15) is 9.59 Å². The minimum Gasteiger partial charge on any atom is -0.495 e. The molecule has 0 bridgehead atoms. The highest BCUT2D eigenvalue weighted by molar-refractivity contribution is 6.31. The van der Waals surface area contributed by atoms with Gasteiger partial charge in [-0.3, -0.25) is 9.59 Å². The lowest BCUT2D eigenvalue weighted by Crippen LogP contribution is -2.26. The van der Waals surface area contributed by atoms with Crippen molar-refractivity contribution in [2.45, 2.75) is 33.7 Å². The van der Waals surface area contributed by atoms with Crippen LogP contribution in [-0.4, -0.2) is 22.6 Å². The summed E-state index contributed by atoms with van der Waals surface area (Å²) in [7, 11) is 1.52. The van der Waals surface area contributed by atoms with Crippen molar-refractivity contribution in [1.29, 1.82) is 0 Å². The van der Waals surface area contributed by atoms with Gasteiger partial charge in [-0.15, -0.1) is 0 Å². The van der Waals surface area contributed by atoms with Crippen molar-refractivity contribution in [3.63, 3.8) is 0 Å². The molecule has 0 atom stereocenters. The van der Waals surface area contributed by atoms with Crippen molar-refractivity contribution in [1.82, 2.24) is 9.55 Å². The highest BCUT2D eigenvalue weighted by Crippen LogP contribution is 2.27. The lowest BCUT2D eigenvalue weighted by atomic mass is 10.1. The van der Waals surface area contributed by atoms with Crippen LogP contribution in [0.25, 0.3) is 11.0 Å². The summed E-state index contributed by atoms with van der Waals surface area (Å²) < 4.78 is 6.85. The maximum Gasteiger partial charge on any atom is 0.272 e. The molecule has 0 spiro atoms. The Hall–Kier alpha value is -2.86. The Labute approximate surface area is 168 Å². The summed E-state index contributed by atoms with van der Waals surface area (Å²) in [5.41, 5.74) is 4.37. The molecule has 1 amide bonds. The molecule has 0 aliphatic carbocycles. The summed E-state index contributed by atoms with van der Waals surface area (Å²) >= 11 is 6.00. The molecule has 7 heteroatoms. The Kier molecular flexibility index (Phi) is 5.70. The Morgan fingerprint density at radius 2 is 1.89 bits per heavy atom. The molecule has 146 valence electrons. The van der Waals surface area contributed by atoms with Crippen molar-refractivity contribution >= 4 is 34.2 Å². The van der Waals surface area contributed by atoms with Gasteiger partial charge in [0.25, 0.3) is 5.56 Å². The van der Waals surface area contributed by atoms with Gasteiger partial charge in [0, 0.05) is 18.0 Å². The fourth-order valence-corrected chi connectivity index (χ4v) is 3.22. The van der Waals surface area contributed by atoms with Gasteiger partial charge in [-0.1, -0.05) is 11.6 Å². The van der Waals surface area contributed by atoms with Gasteiger partial charge in [-0.05, 0) is 62.2 Å². The fourth-order valence-electron chi connectivity index (χ4n) is 3.05. The third-order valence-corrected chi connectivity index (χ3v) is 4.96. The first-order valence-corrected chi connectivity index (χ1v) is 9.29. The first-order chi connectivity index (χ1) is 13.3. The van der Waals surface area contributed by atoms with Gasteiger partial charge in [0.1, 0.15) is 11.4 Å². The first-order valence-electron chi connectivity index (χ1n) is 8.92. The van der Waals surface area contributed by atoms with Crippen LogP contribution < -0.4 is 15.6 Å². The van der Waals surface area contributed by atoms with Crippen molar-refractivity contribution in [2.24, 2.45) is 0 Å². The van der Waals surface area contributed by atoms with Crippen LogP contribution in [0.1, 0.15) is 23.2 Å². The number of halogens is 1. The minimum atomic E-state index is -0.237. The molecule has 3 rings (SSSR count). The van der Waals surface area contributed by atoms with E-state index in [0.717, 1.165) is 22.2 Å². The second kappa shape index (κ2) is 8.02. The number of hydrogen-bond acceptors (Lipinski definition) is 4. The lowest BCUT2D eigenvalue weighted by molar-refractivity contribution is -0.116. The average Bonchev–Trinajstić information content (AvgIpc) is 2.64. The van der Waals surface area contributed by atoms with Gasteiger partial charge in [0.2, 0.25) is 5.91 Å². The quantitative estimate of drug-likeness (QED) is 0.703. The average molecular weight is 400 g/mol. The molecule has 0 saturated carbocycles. The normalized spacial score (nSPS) is 10.9. The van der Waals surface area contributed by atoms with E-state index >= 15 is 0 Å². The lowest BCUT2D eigenvalue weighted by Gasteiger charge is -2.14. The highest BCUT2D eigenvalue weighted by atomic mass is 35.5. The van der Waals surface area contributed by atoms with Gasteiger partial charge >= 0.3 is 0 Å². The Morgan fingerprint density at radius 1 is 1.18 bits per heavy atom. The zero-order valence-electron chi connectivity index (χ0n) is 16.3. The van der Waals surface area contributed by atoms with Crippen LogP contribution in [-0.2, 0) is 11.3 Å². The highest BCUT2D eigenvalue weighted by Gasteiger charge is 2.13. The fraction of sp³-hybridized carbons (Fsp3) is 0.286. The van der Waals surface area contributed by atoms with E-state index in [-0.39, 0.29) is 24.4 Å². The number of nitrogens with one attached hydrogen (secondary N) is 1. The van der Waals surface area contributed by atoms with Crippen LogP contribution in [0.15, 0.2) is 35.1 Å². The second-order valence-corrected chi connectivity index (χ2v) is 7.16. The number of fused-ring (bicyclic) bond motifs is 1. The monoisotopic (exact) mass is 399 g/mol. The molecule has 0 radical (unpaired) electrons. The molecule has 0 aliphatic rings. The number of benzene rings is 2. The molecular formula is C21H22ClN3O3. The standard InChI is InChI=1S/C21H22ClN3O3/c1-12-9-16-18(10-13(12)2)25(21(27)14(3)23-16)8-7-20(26)24-17-11-15(22)5-6-19(17)28-4/h5-6,9-11H,7-8H2,1-4H3,(H,24,26). The van der Waals surface area contributed by atoms with Crippen LogP contribution in [0.4, 0.5) is 5.69 Å².